The molecule has 0 amide bonds. The Morgan fingerprint density at radius 2 is 1.95 bits per heavy atom. The van der Waals surface area contributed by atoms with Gasteiger partial charge in [-0.15, -0.1) is 0 Å². The quantitative estimate of drug-likeness (QED) is 0.214. The summed E-state index contributed by atoms with van der Waals surface area (Å²) in [5, 5.41) is 15.4. The van der Waals surface area contributed by atoms with E-state index in [0.29, 0.717) is 11.6 Å². The van der Waals surface area contributed by atoms with Crippen molar-refractivity contribution in [3.05, 3.63) is 96.7 Å². The molecular weight excluding hydrogens is 468 g/mol. The summed E-state index contributed by atoms with van der Waals surface area (Å²) in [4.78, 5) is 8.08. The summed E-state index contributed by atoms with van der Waals surface area (Å²) in [6.45, 7) is 22.3. The van der Waals surface area contributed by atoms with Crippen molar-refractivity contribution in [3.63, 3.8) is 0 Å². The van der Waals surface area contributed by atoms with Gasteiger partial charge in [0, 0.05) is 34.2 Å². The first-order valence-corrected chi connectivity index (χ1v) is 13.5. The smallest absolute Gasteiger partial charge is 0.181 e. The second-order valence-electron chi connectivity index (χ2n) is 9.23. The van der Waals surface area contributed by atoms with Gasteiger partial charge in [-0.05, 0) is 87.5 Å². The van der Waals surface area contributed by atoms with Gasteiger partial charge in [-0.1, -0.05) is 57.9 Å². The summed E-state index contributed by atoms with van der Waals surface area (Å²) in [5.74, 6) is 0.675. The van der Waals surface area contributed by atoms with E-state index in [-0.39, 0.29) is 0 Å². The fourth-order valence-corrected chi connectivity index (χ4v) is 4.65. The first-order valence-electron chi connectivity index (χ1n) is 13.5. The van der Waals surface area contributed by atoms with Gasteiger partial charge in [-0.3, -0.25) is 5.10 Å². The van der Waals surface area contributed by atoms with Gasteiger partial charge in [0.15, 0.2) is 5.65 Å². The van der Waals surface area contributed by atoms with Crippen molar-refractivity contribution in [2.45, 2.75) is 47.0 Å². The largest absolute Gasteiger partial charge is 0.359 e. The lowest BCUT2D eigenvalue weighted by Crippen LogP contribution is -2.28. The normalized spacial score (nSPS) is 14.8. The Kier molecular flexibility index (Phi) is 10.7. The first-order chi connectivity index (χ1) is 18.5. The van der Waals surface area contributed by atoms with Crippen molar-refractivity contribution in [3.8, 4) is 11.4 Å². The van der Waals surface area contributed by atoms with Gasteiger partial charge in [-0.2, -0.15) is 5.10 Å². The van der Waals surface area contributed by atoms with Crippen molar-refractivity contribution >= 4 is 22.7 Å². The number of H-pyrrole nitrogens is 2. The number of allylic oxidation sites excluding steroid dienone is 7. The molecule has 3 aromatic heterocycles. The number of aromatic amines is 2. The molecule has 6 heteroatoms. The maximum Gasteiger partial charge on any atom is 0.181 e. The molecule has 4 N–H and O–H groups in total. The molecule has 0 saturated carbocycles. The highest BCUT2D eigenvalue weighted by Gasteiger charge is 2.15. The number of nitrogens with one attached hydrogen (secondary N) is 4. The summed E-state index contributed by atoms with van der Waals surface area (Å²) in [6, 6.07) is 4.24. The number of rotatable bonds is 10. The maximum atomic E-state index is 4.62. The van der Waals surface area contributed by atoms with Crippen molar-refractivity contribution < 1.29 is 0 Å². The molecule has 3 aromatic rings. The van der Waals surface area contributed by atoms with E-state index in [4.69, 9.17) is 0 Å². The van der Waals surface area contributed by atoms with Gasteiger partial charge in [0.2, 0.25) is 0 Å². The van der Waals surface area contributed by atoms with Crippen LogP contribution < -0.4 is 10.6 Å². The Bertz CT molecular complexity index is 1340. The van der Waals surface area contributed by atoms with Gasteiger partial charge < -0.3 is 15.6 Å². The fraction of sp³-hybridized carbons (Fsp3) is 0.312. The van der Waals surface area contributed by atoms with Gasteiger partial charge in [-0.25, -0.2) is 4.98 Å². The van der Waals surface area contributed by atoms with Gasteiger partial charge in [0.25, 0.3) is 0 Å². The molecule has 4 rings (SSSR count). The number of pyridine rings is 1. The standard InChI is InChI=1S/C30H36N6.C2H6/c1-6-9-10-24-18-28(34-21(24)5)29-27-17-25(19-32-30(27)36-35-29)23(7-2)16-26(8-3)33-20(4)15-22-11-13-31-14-12-22;1-2/h6-10,16-19,22,31,33-34H,1,3-4,11-15H2,2,5H3,(H,32,35,36);1-2H3/b10-9-,23-7+,26-16+;. The Labute approximate surface area is 227 Å². The molecule has 1 aliphatic rings. The summed E-state index contributed by atoms with van der Waals surface area (Å²) in [5.41, 5.74) is 8.76. The number of hydrogen-bond acceptors (Lipinski definition) is 4. The summed E-state index contributed by atoms with van der Waals surface area (Å²) >= 11 is 0. The third-order valence-corrected chi connectivity index (χ3v) is 6.64. The van der Waals surface area contributed by atoms with Gasteiger partial charge >= 0.3 is 0 Å². The lowest BCUT2D eigenvalue weighted by Gasteiger charge is -2.24. The molecule has 0 aliphatic carbocycles. The molecule has 0 aromatic carbocycles. The van der Waals surface area contributed by atoms with E-state index in [0.717, 1.165) is 70.1 Å². The molecule has 38 heavy (non-hydrogen) atoms. The molecule has 0 bridgehead atoms. The Morgan fingerprint density at radius 1 is 1.18 bits per heavy atom. The fourth-order valence-electron chi connectivity index (χ4n) is 4.65. The number of piperidine rings is 1. The molecule has 1 fully saturated rings. The van der Waals surface area contributed by atoms with Crippen LogP contribution in [0, 0.1) is 12.8 Å². The van der Waals surface area contributed by atoms with E-state index in [1.54, 1.807) is 6.08 Å². The van der Waals surface area contributed by atoms with E-state index in [2.05, 4.69) is 81.7 Å². The average Bonchev–Trinajstić information content (AvgIpc) is 3.53. The number of fused-ring (bicyclic) bond motifs is 1. The third kappa shape index (κ3) is 7.11. The highest BCUT2D eigenvalue weighted by atomic mass is 15.2. The van der Waals surface area contributed by atoms with E-state index in [9.17, 15) is 0 Å². The lowest BCUT2D eigenvalue weighted by molar-refractivity contribution is 0.368. The van der Waals surface area contributed by atoms with Gasteiger partial charge in [0.1, 0.15) is 0 Å². The Balaban J connectivity index is 0.00000195. The first kappa shape index (κ1) is 28.7. The zero-order valence-electron chi connectivity index (χ0n) is 23.3. The molecule has 1 aliphatic heterocycles. The van der Waals surface area contributed by atoms with Crippen LogP contribution in [0.25, 0.3) is 34.1 Å². The van der Waals surface area contributed by atoms with Crippen LogP contribution in [0.4, 0.5) is 0 Å². The second-order valence-corrected chi connectivity index (χ2v) is 9.23. The predicted molar refractivity (Wildman–Crippen MR) is 163 cm³/mol. The maximum absolute atomic E-state index is 4.62. The summed E-state index contributed by atoms with van der Waals surface area (Å²) < 4.78 is 0. The lowest BCUT2D eigenvalue weighted by atomic mass is 9.93. The van der Waals surface area contributed by atoms with Crippen LogP contribution in [-0.2, 0) is 0 Å². The summed E-state index contributed by atoms with van der Waals surface area (Å²) in [6.07, 6.45) is 17.0. The van der Waals surface area contributed by atoms with Crippen LogP contribution in [0.3, 0.4) is 0 Å². The minimum absolute atomic E-state index is 0.675. The average molecular weight is 511 g/mol. The molecule has 0 spiro atoms. The van der Waals surface area contributed by atoms with Crippen molar-refractivity contribution in [2.75, 3.05) is 13.1 Å². The molecule has 200 valence electrons. The molecule has 1 saturated heterocycles. The van der Waals surface area contributed by atoms with Crippen LogP contribution in [0.5, 0.6) is 0 Å². The number of aryl methyl sites for hydroxylation is 1. The van der Waals surface area contributed by atoms with Crippen molar-refractivity contribution in [1.82, 2.24) is 30.8 Å². The highest BCUT2D eigenvalue weighted by molar-refractivity contribution is 5.93. The topological polar surface area (TPSA) is 81.4 Å². The number of nitrogens with zero attached hydrogens (tertiary/aromatic N) is 2. The third-order valence-electron chi connectivity index (χ3n) is 6.64. The minimum atomic E-state index is 0.675. The minimum Gasteiger partial charge on any atom is -0.359 e. The van der Waals surface area contributed by atoms with Crippen LogP contribution >= 0.6 is 0 Å². The van der Waals surface area contributed by atoms with Crippen LogP contribution in [0.15, 0.2) is 79.8 Å². The van der Waals surface area contributed by atoms with Gasteiger partial charge in [0.05, 0.1) is 11.4 Å². The van der Waals surface area contributed by atoms with Crippen molar-refractivity contribution in [2.24, 2.45) is 5.92 Å². The van der Waals surface area contributed by atoms with E-state index >= 15 is 0 Å². The molecule has 0 radical (unpaired) electrons. The molecule has 0 unspecified atom stereocenters. The monoisotopic (exact) mass is 510 g/mol. The number of hydrogen-bond donors (Lipinski definition) is 4. The van der Waals surface area contributed by atoms with Crippen LogP contribution in [-0.4, -0.2) is 33.3 Å². The zero-order valence-corrected chi connectivity index (χ0v) is 23.3. The predicted octanol–water partition coefficient (Wildman–Crippen LogP) is 7.45. The number of aromatic nitrogens is 4. The SMILES string of the molecule is C=C/C=C\c1cc(-c2[nH]nc3ncc(C(/C=C(\C=C)NC(=C)CC4CCNCC4)=C/C)cc23)[nH]c1C.CC. The molecule has 6 nitrogen and oxygen atoms in total. The molecule has 4 heterocycles. The Hall–Kier alpha value is -3.90. The Morgan fingerprint density at radius 3 is 2.63 bits per heavy atom. The molecule has 0 atom stereocenters. The second kappa shape index (κ2) is 14.1. The zero-order chi connectivity index (χ0) is 27.5. The highest BCUT2D eigenvalue weighted by Crippen LogP contribution is 2.30. The molecular formula is C32H42N6. The van der Waals surface area contributed by atoms with E-state index in [1.165, 1.54) is 12.8 Å². The van der Waals surface area contributed by atoms with E-state index < -0.39 is 0 Å². The van der Waals surface area contributed by atoms with Crippen molar-refractivity contribution in [1.29, 1.82) is 0 Å². The summed E-state index contributed by atoms with van der Waals surface area (Å²) in [7, 11) is 0. The van der Waals surface area contributed by atoms with E-state index in [1.807, 2.05) is 45.2 Å². The van der Waals surface area contributed by atoms with Crippen LogP contribution in [0.1, 0.15) is 56.9 Å². The van der Waals surface area contributed by atoms with Crippen LogP contribution in [0.2, 0.25) is 0 Å².